The minimum Gasteiger partial charge on any atom is -0.408 e. The fourth-order valence-electron chi connectivity index (χ4n) is 3.35. The van der Waals surface area contributed by atoms with Gasteiger partial charge in [0.25, 0.3) is 0 Å². The van der Waals surface area contributed by atoms with Crippen LogP contribution in [-0.2, 0) is 0 Å². The summed E-state index contributed by atoms with van der Waals surface area (Å²) in [6.45, 7) is 1.89. The summed E-state index contributed by atoms with van der Waals surface area (Å²) >= 11 is 0. The third-order valence-electron chi connectivity index (χ3n) is 4.91. The Bertz CT molecular complexity index is 1520. The van der Waals surface area contributed by atoms with E-state index in [2.05, 4.69) is 31.7 Å². The first-order chi connectivity index (χ1) is 15.6. The van der Waals surface area contributed by atoms with Gasteiger partial charge >= 0.3 is 5.76 Å². The second kappa shape index (κ2) is 7.77. The van der Waals surface area contributed by atoms with Gasteiger partial charge in [0.1, 0.15) is 11.9 Å². The lowest BCUT2D eigenvalue weighted by Gasteiger charge is -2.12. The molecule has 0 aliphatic carbocycles. The standard InChI is InChI=1S/C23H17N7O2/c1-14-13-25-22(27-16-4-6-19(15(10-16)12-24)30-8-2-3-9-30)29-21(14)26-17-5-7-20-18(11-17)28-23(31)32-20/h2-11,13H,1H3,(H,28,31)(H2,25,26,27,29). The molecule has 0 bridgehead atoms. The molecule has 0 atom stereocenters. The smallest absolute Gasteiger partial charge is 0.408 e. The Morgan fingerprint density at radius 3 is 2.69 bits per heavy atom. The number of nitriles is 1. The van der Waals surface area contributed by atoms with Crippen LogP contribution in [0, 0.1) is 18.3 Å². The Morgan fingerprint density at radius 1 is 1.09 bits per heavy atom. The molecule has 3 N–H and O–H groups in total. The second-order valence-corrected chi connectivity index (χ2v) is 7.13. The summed E-state index contributed by atoms with van der Waals surface area (Å²) < 4.78 is 6.92. The number of aryl methyl sites for hydroxylation is 1. The summed E-state index contributed by atoms with van der Waals surface area (Å²) in [6.07, 6.45) is 5.48. The van der Waals surface area contributed by atoms with Crippen LogP contribution >= 0.6 is 0 Å². The zero-order valence-electron chi connectivity index (χ0n) is 17.0. The predicted octanol–water partition coefficient (Wildman–Crippen LogP) is 4.37. The van der Waals surface area contributed by atoms with Crippen molar-refractivity contribution in [2.45, 2.75) is 6.92 Å². The monoisotopic (exact) mass is 423 g/mol. The number of aromatic nitrogens is 4. The molecule has 0 unspecified atom stereocenters. The maximum Gasteiger partial charge on any atom is 0.417 e. The molecule has 0 radical (unpaired) electrons. The van der Waals surface area contributed by atoms with Crippen molar-refractivity contribution in [1.82, 2.24) is 19.5 Å². The van der Waals surface area contributed by atoms with Gasteiger partial charge in [-0.3, -0.25) is 4.98 Å². The summed E-state index contributed by atoms with van der Waals surface area (Å²) in [5.74, 6) is 0.493. The first kappa shape index (κ1) is 19.1. The average Bonchev–Trinajstić information content (AvgIpc) is 3.45. The van der Waals surface area contributed by atoms with Crippen LogP contribution in [0.15, 0.2) is 76.3 Å². The molecule has 0 aliphatic rings. The van der Waals surface area contributed by atoms with Crippen LogP contribution in [0.5, 0.6) is 0 Å². The first-order valence-corrected chi connectivity index (χ1v) is 9.77. The van der Waals surface area contributed by atoms with Gasteiger partial charge in [-0.25, -0.2) is 9.78 Å². The summed E-state index contributed by atoms with van der Waals surface area (Å²) in [4.78, 5) is 22.9. The maximum atomic E-state index is 11.4. The van der Waals surface area contributed by atoms with Crippen LogP contribution in [0.1, 0.15) is 11.1 Å². The van der Waals surface area contributed by atoms with Crippen molar-refractivity contribution in [2.75, 3.05) is 10.6 Å². The molecule has 3 aromatic heterocycles. The third kappa shape index (κ3) is 3.68. The van der Waals surface area contributed by atoms with Crippen molar-refractivity contribution in [3.05, 3.63) is 88.8 Å². The SMILES string of the molecule is Cc1cnc(Nc2ccc(-n3cccc3)c(C#N)c2)nc1Nc1ccc2oc(=O)[nH]c2c1. The van der Waals surface area contributed by atoms with Gasteiger partial charge in [0.2, 0.25) is 5.95 Å². The van der Waals surface area contributed by atoms with E-state index < -0.39 is 5.76 Å². The lowest BCUT2D eigenvalue weighted by Crippen LogP contribution is -2.03. The molecular formula is C23H17N7O2. The van der Waals surface area contributed by atoms with Gasteiger partial charge in [-0.1, -0.05) is 0 Å². The fraction of sp³-hybridized carbons (Fsp3) is 0.0435. The van der Waals surface area contributed by atoms with Crippen LogP contribution < -0.4 is 16.4 Å². The molecule has 5 aromatic rings. The van der Waals surface area contributed by atoms with Gasteiger partial charge in [-0.15, -0.1) is 0 Å². The van der Waals surface area contributed by atoms with Gasteiger partial charge in [-0.2, -0.15) is 10.2 Å². The van der Waals surface area contributed by atoms with E-state index in [1.54, 1.807) is 30.5 Å². The molecular weight excluding hydrogens is 406 g/mol. The third-order valence-corrected chi connectivity index (χ3v) is 4.91. The highest BCUT2D eigenvalue weighted by molar-refractivity contribution is 5.78. The predicted molar refractivity (Wildman–Crippen MR) is 121 cm³/mol. The topological polar surface area (TPSA) is 125 Å². The van der Waals surface area contributed by atoms with Crippen molar-refractivity contribution in [3.8, 4) is 11.8 Å². The summed E-state index contributed by atoms with van der Waals surface area (Å²) in [5, 5.41) is 16.0. The van der Waals surface area contributed by atoms with E-state index in [1.165, 1.54) is 0 Å². The summed E-state index contributed by atoms with van der Waals surface area (Å²) in [6, 6.07) is 16.8. The Hall–Kier alpha value is -4.84. The Balaban J connectivity index is 1.41. The van der Waals surface area contributed by atoms with Crippen LogP contribution in [0.4, 0.5) is 23.1 Å². The molecule has 0 aliphatic heterocycles. The molecule has 0 saturated heterocycles. The Labute approximate surface area is 182 Å². The van der Waals surface area contributed by atoms with Crippen LogP contribution in [0.3, 0.4) is 0 Å². The molecule has 0 saturated carbocycles. The number of aromatic amines is 1. The van der Waals surface area contributed by atoms with Gasteiger partial charge in [0, 0.05) is 35.5 Å². The number of rotatable bonds is 5. The minimum atomic E-state index is -0.499. The number of nitrogens with zero attached hydrogens (tertiary/aromatic N) is 4. The number of nitrogens with one attached hydrogen (secondary N) is 3. The van der Waals surface area contributed by atoms with Crippen molar-refractivity contribution in [1.29, 1.82) is 5.26 Å². The first-order valence-electron chi connectivity index (χ1n) is 9.77. The summed E-state index contributed by atoms with van der Waals surface area (Å²) in [7, 11) is 0. The number of H-pyrrole nitrogens is 1. The van der Waals surface area contributed by atoms with Crippen LogP contribution in [0.25, 0.3) is 16.8 Å². The van der Waals surface area contributed by atoms with Crippen molar-refractivity contribution < 1.29 is 4.42 Å². The molecule has 9 nitrogen and oxygen atoms in total. The van der Waals surface area contributed by atoms with Crippen LogP contribution in [-0.4, -0.2) is 19.5 Å². The maximum absolute atomic E-state index is 11.4. The number of hydrogen-bond donors (Lipinski definition) is 3. The fourth-order valence-corrected chi connectivity index (χ4v) is 3.35. The number of oxazole rings is 1. The zero-order chi connectivity index (χ0) is 22.1. The van der Waals surface area contributed by atoms with Crippen molar-refractivity contribution in [2.24, 2.45) is 0 Å². The van der Waals surface area contributed by atoms with E-state index in [1.807, 2.05) is 48.1 Å². The molecule has 32 heavy (non-hydrogen) atoms. The molecule has 2 aromatic carbocycles. The quantitative estimate of drug-likeness (QED) is 0.383. The van der Waals surface area contributed by atoms with Gasteiger partial charge in [-0.05, 0) is 55.5 Å². The molecule has 9 heteroatoms. The van der Waals surface area contributed by atoms with Crippen LogP contribution in [0.2, 0.25) is 0 Å². The average molecular weight is 423 g/mol. The lowest BCUT2D eigenvalue weighted by molar-refractivity contribution is 0.555. The number of anilines is 4. The second-order valence-electron chi connectivity index (χ2n) is 7.13. The van der Waals surface area contributed by atoms with Crippen molar-refractivity contribution >= 4 is 34.2 Å². The highest BCUT2D eigenvalue weighted by atomic mass is 16.4. The van der Waals surface area contributed by atoms with E-state index in [9.17, 15) is 10.1 Å². The Kier molecular flexibility index (Phi) is 4.65. The molecule has 0 amide bonds. The molecule has 0 fully saturated rings. The van der Waals surface area contributed by atoms with Gasteiger partial charge in [0.15, 0.2) is 5.58 Å². The number of benzene rings is 2. The zero-order valence-corrected chi connectivity index (χ0v) is 17.0. The van der Waals surface area contributed by atoms with Gasteiger partial charge < -0.3 is 19.6 Å². The van der Waals surface area contributed by atoms with E-state index in [4.69, 9.17) is 4.42 Å². The lowest BCUT2D eigenvalue weighted by atomic mass is 10.1. The molecule has 5 rings (SSSR count). The number of fused-ring (bicyclic) bond motifs is 1. The van der Waals surface area contributed by atoms with E-state index in [0.29, 0.717) is 34.1 Å². The van der Waals surface area contributed by atoms with Crippen molar-refractivity contribution in [3.63, 3.8) is 0 Å². The van der Waals surface area contributed by atoms with Gasteiger partial charge in [0.05, 0.1) is 16.8 Å². The number of hydrogen-bond acceptors (Lipinski definition) is 7. The molecule has 3 heterocycles. The normalized spacial score (nSPS) is 10.8. The van der Waals surface area contributed by atoms with E-state index in [-0.39, 0.29) is 0 Å². The van der Waals surface area contributed by atoms with E-state index in [0.717, 1.165) is 16.9 Å². The molecule has 156 valence electrons. The van der Waals surface area contributed by atoms with E-state index >= 15 is 0 Å². The molecule has 0 spiro atoms. The summed E-state index contributed by atoms with van der Waals surface area (Å²) in [5.41, 5.74) is 4.68. The Morgan fingerprint density at radius 2 is 1.88 bits per heavy atom. The highest BCUT2D eigenvalue weighted by Gasteiger charge is 2.09. The minimum absolute atomic E-state index is 0.383. The largest absolute Gasteiger partial charge is 0.417 e. The highest BCUT2D eigenvalue weighted by Crippen LogP contribution is 2.25.